The summed E-state index contributed by atoms with van der Waals surface area (Å²) in [6.45, 7) is 2.02. The lowest BCUT2D eigenvalue weighted by Gasteiger charge is -2.26. The number of anilines is 1. The SMILES string of the molecule is Nc1nccc(C2CNC2)n1. The van der Waals surface area contributed by atoms with Crippen molar-refractivity contribution in [3.8, 4) is 0 Å². The predicted octanol–water partition coefficient (Wildman–Crippen LogP) is -0.254. The van der Waals surface area contributed by atoms with E-state index in [1.165, 1.54) is 0 Å². The first kappa shape index (κ1) is 6.54. The maximum atomic E-state index is 5.43. The highest BCUT2D eigenvalue weighted by atomic mass is 15.0. The highest BCUT2D eigenvalue weighted by Gasteiger charge is 2.19. The van der Waals surface area contributed by atoms with Crippen LogP contribution in [0.25, 0.3) is 0 Å². The van der Waals surface area contributed by atoms with Crippen LogP contribution >= 0.6 is 0 Å². The van der Waals surface area contributed by atoms with Crippen molar-refractivity contribution in [3.05, 3.63) is 18.0 Å². The number of nitrogens with two attached hydrogens (primary N) is 1. The van der Waals surface area contributed by atoms with E-state index in [9.17, 15) is 0 Å². The van der Waals surface area contributed by atoms with E-state index < -0.39 is 0 Å². The number of aromatic nitrogens is 2. The first-order chi connectivity index (χ1) is 5.36. The fraction of sp³-hybridized carbons (Fsp3) is 0.429. The van der Waals surface area contributed by atoms with Crippen LogP contribution in [0, 0.1) is 0 Å². The van der Waals surface area contributed by atoms with Gasteiger partial charge in [0, 0.05) is 25.2 Å². The molecule has 2 rings (SSSR count). The average Bonchev–Trinajstić information content (AvgIpc) is 1.83. The monoisotopic (exact) mass is 150 g/mol. The second-order valence-corrected chi connectivity index (χ2v) is 2.69. The third-order valence-corrected chi connectivity index (χ3v) is 1.90. The lowest BCUT2D eigenvalue weighted by Crippen LogP contribution is -2.40. The lowest BCUT2D eigenvalue weighted by molar-refractivity contribution is 0.439. The molecule has 1 aromatic heterocycles. The summed E-state index contributed by atoms with van der Waals surface area (Å²) >= 11 is 0. The van der Waals surface area contributed by atoms with Crippen LogP contribution in [0.5, 0.6) is 0 Å². The molecule has 1 aromatic rings. The molecule has 0 spiro atoms. The molecule has 11 heavy (non-hydrogen) atoms. The fourth-order valence-electron chi connectivity index (χ4n) is 1.11. The number of nitrogens with zero attached hydrogens (tertiary/aromatic N) is 2. The molecular weight excluding hydrogens is 140 g/mol. The van der Waals surface area contributed by atoms with Crippen LogP contribution in [-0.4, -0.2) is 23.1 Å². The minimum atomic E-state index is 0.370. The van der Waals surface area contributed by atoms with Gasteiger partial charge in [-0.25, -0.2) is 9.97 Å². The van der Waals surface area contributed by atoms with Gasteiger partial charge in [0.05, 0.1) is 5.69 Å². The van der Waals surface area contributed by atoms with Crippen molar-refractivity contribution < 1.29 is 0 Å². The molecule has 1 aliphatic heterocycles. The molecule has 0 atom stereocenters. The second-order valence-electron chi connectivity index (χ2n) is 2.69. The van der Waals surface area contributed by atoms with Gasteiger partial charge in [0.2, 0.25) is 5.95 Å². The van der Waals surface area contributed by atoms with Crippen LogP contribution in [-0.2, 0) is 0 Å². The number of hydrogen-bond donors (Lipinski definition) is 2. The van der Waals surface area contributed by atoms with E-state index in [4.69, 9.17) is 5.73 Å². The maximum Gasteiger partial charge on any atom is 0.220 e. The molecular formula is C7H10N4. The molecule has 4 nitrogen and oxygen atoms in total. The van der Waals surface area contributed by atoms with Gasteiger partial charge >= 0.3 is 0 Å². The van der Waals surface area contributed by atoms with Crippen LogP contribution in [0.3, 0.4) is 0 Å². The Morgan fingerprint density at radius 3 is 2.91 bits per heavy atom. The summed E-state index contributed by atoms with van der Waals surface area (Å²) in [6.07, 6.45) is 1.70. The van der Waals surface area contributed by atoms with Crippen LogP contribution in [0.4, 0.5) is 5.95 Å². The van der Waals surface area contributed by atoms with E-state index in [0.717, 1.165) is 18.8 Å². The topological polar surface area (TPSA) is 63.8 Å². The Kier molecular flexibility index (Phi) is 1.47. The van der Waals surface area contributed by atoms with Gasteiger partial charge < -0.3 is 11.1 Å². The van der Waals surface area contributed by atoms with Gasteiger partial charge in [0.1, 0.15) is 0 Å². The van der Waals surface area contributed by atoms with Gasteiger partial charge in [-0.1, -0.05) is 0 Å². The normalized spacial score (nSPS) is 17.8. The van der Waals surface area contributed by atoms with Gasteiger partial charge in [0.25, 0.3) is 0 Å². The third kappa shape index (κ3) is 1.17. The summed E-state index contributed by atoms with van der Waals surface area (Å²) in [5.74, 6) is 0.912. The van der Waals surface area contributed by atoms with E-state index in [0.29, 0.717) is 11.9 Å². The summed E-state index contributed by atoms with van der Waals surface area (Å²) < 4.78 is 0. The van der Waals surface area contributed by atoms with Crippen molar-refractivity contribution >= 4 is 5.95 Å². The van der Waals surface area contributed by atoms with E-state index in [1.807, 2.05) is 6.07 Å². The minimum Gasteiger partial charge on any atom is -0.368 e. The molecule has 0 amide bonds. The number of nitrogen functional groups attached to an aromatic ring is 1. The van der Waals surface area contributed by atoms with Crippen molar-refractivity contribution in [2.75, 3.05) is 18.8 Å². The van der Waals surface area contributed by atoms with Crippen LogP contribution < -0.4 is 11.1 Å². The molecule has 0 unspecified atom stereocenters. The third-order valence-electron chi connectivity index (χ3n) is 1.90. The molecule has 58 valence electrons. The molecule has 1 aliphatic rings. The molecule has 2 heterocycles. The van der Waals surface area contributed by atoms with Gasteiger partial charge in [-0.3, -0.25) is 0 Å². The number of hydrogen-bond acceptors (Lipinski definition) is 4. The summed E-state index contributed by atoms with van der Waals surface area (Å²) in [7, 11) is 0. The molecule has 0 aromatic carbocycles. The van der Waals surface area contributed by atoms with Crippen LogP contribution in [0.1, 0.15) is 11.6 Å². The molecule has 0 bridgehead atoms. The number of rotatable bonds is 1. The van der Waals surface area contributed by atoms with Crippen molar-refractivity contribution in [2.45, 2.75) is 5.92 Å². The first-order valence-electron chi connectivity index (χ1n) is 3.65. The first-order valence-corrected chi connectivity index (χ1v) is 3.65. The molecule has 0 radical (unpaired) electrons. The van der Waals surface area contributed by atoms with Gasteiger partial charge in [0.15, 0.2) is 0 Å². The zero-order valence-corrected chi connectivity index (χ0v) is 6.12. The molecule has 1 saturated heterocycles. The lowest BCUT2D eigenvalue weighted by atomic mass is 9.99. The predicted molar refractivity (Wildman–Crippen MR) is 42.1 cm³/mol. The zero-order chi connectivity index (χ0) is 7.68. The summed E-state index contributed by atoms with van der Waals surface area (Å²) in [4.78, 5) is 7.95. The zero-order valence-electron chi connectivity index (χ0n) is 6.12. The maximum absolute atomic E-state index is 5.43. The Morgan fingerprint density at radius 1 is 1.55 bits per heavy atom. The summed E-state index contributed by atoms with van der Waals surface area (Å²) in [5.41, 5.74) is 6.48. The van der Waals surface area contributed by atoms with E-state index >= 15 is 0 Å². The largest absolute Gasteiger partial charge is 0.368 e. The van der Waals surface area contributed by atoms with Crippen molar-refractivity contribution in [1.82, 2.24) is 15.3 Å². The van der Waals surface area contributed by atoms with Crippen molar-refractivity contribution in [1.29, 1.82) is 0 Å². The second kappa shape index (κ2) is 2.47. The molecule has 4 heteroatoms. The Labute approximate surface area is 64.8 Å². The Morgan fingerprint density at radius 2 is 2.36 bits per heavy atom. The molecule has 3 N–H and O–H groups in total. The van der Waals surface area contributed by atoms with Crippen LogP contribution in [0.2, 0.25) is 0 Å². The smallest absolute Gasteiger partial charge is 0.220 e. The molecule has 0 saturated carbocycles. The van der Waals surface area contributed by atoms with E-state index in [1.54, 1.807) is 6.20 Å². The van der Waals surface area contributed by atoms with Gasteiger partial charge in [-0.05, 0) is 6.07 Å². The van der Waals surface area contributed by atoms with Crippen molar-refractivity contribution in [3.63, 3.8) is 0 Å². The van der Waals surface area contributed by atoms with Crippen molar-refractivity contribution in [2.24, 2.45) is 0 Å². The Balaban J connectivity index is 2.23. The minimum absolute atomic E-state index is 0.370. The Hall–Kier alpha value is -1.16. The van der Waals surface area contributed by atoms with Gasteiger partial charge in [-0.2, -0.15) is 0 Å². The highest BCUT2D eigenvalue weighted by Crippen LogP contribution is 2.16. The van der Waals surface area contributed by atoms with E-state index in [2.05, 4.69) is 15.3 Å². The average molecular weight is 150 g/mol. The fourth-order valence-corrected chi connectivity index (χ4v) is 1.11. The highest BCUT2D eigenvalue weighted by molar-refractivity contribution is 5.21. The standard InChI is InChI=1S/C7H10N4/c8-7-10-2-1-6(11-7)5-3-9-4-5/h1-2,5,9H,3-4H2,(H2,8,10,11). The number of nitrogens with one attached hydrogen (secondary N) is 1. The van der Waals surface area contributed by atoms with Gasteiger partial charge in [-0.15, -0.1) is 0 Å². The Bertz CT molecular complexity index is 256. The summed E-state index contributed by atoms with van der Waals surface area (Å²) in [6, 6.07) is 1.92. The van der Waals surface area contributed by atoms with Crippen LogP contribution in [0.15, 0.2) is 12.3 Å². The quantitative estimate of drug-likeness (QED) is 0.579. The molecule has 1 fully saturated rings. The molecule has 0 aliphatic carbocycles. The summed E-state index contributed by atoms with van der Waals surface area (Å²) in [5, 5.41) is 3.18. The van der Waals surface area contributed by atoms with E-state index in [-0.39, 0.29) is 0 Å².